The Labute approximate surface area is 160 Å². The minimum atomic E-state index is 0.134. The van der Waals surface area contributed by atoms with Crippen LogP contribution in [0, 0.1) is 0 Å². The summed E-state index contributed by atoms with van der Waals surface area (Å²) >= 11 is 0. The number of benzene rings is 1. The highest BCUT2D eigenvalue weighted by atomic mass is 16.2. The van der Waals surface area contributed by atoms with Crippen molar-refractivity contribution in [1.82, 2.24) is 24.6 Å². The van der Waals surface area contributed by atoms with Crippen LogP contribution in [0.25, 0.3) is 11.8 Å². The summed E-state index contributed by atoms with van der Waals surface area (Å²) in [6.07, 6.45) is 13.0. The van der Waals surface area contributed by atoms with Crippen LogP contribution >= 0.6 is 0 Å². The smallest absolute Gasteiger partial charge is 0.246 e. The number of likely N-dealkylation sites (tertiary alicyclic amines) is 2. The van der Waals surface area contributed by atoms with E-state index in [0.29, 0.717) is 6.04 Å². The van der Waals surface area contributed by atoms with Crippen molar-refractivity contribution in [1.29, 1.82) is 0 Å². The fraction of sp³-hybridized carbons (Fsp3) is 0.476. The first-order valence-corrected chi connectivity index (χ1v) is 9.96. The normalized spacial score (nSPS) is 21.2. The van der Waals surface area contributed by atoms with Crippen molar-refractivity contribution in [2.45, 2.75) is 38.1 Å². The van der Waals surface area contributed by atoms with E-state index in [4.69, 9.17) is 0 Å². The van der Waals surface area contributed by atoms with E-state index in [1.54, 1.807) is 17.1 Å². The Kier molecular flexibility index (Phi) is 5.63. The van der Waals surface area contributed by atoms with Gasteiger partial charge in [0.05, 0.1) is 5.69 Å². The zero-order chi connectivity index (χ0) is 18.5. The van der Waals surface area contributed by atoms with E-state index in [0.717, 1.165) is 37.2 Å². The molecule has 2 fully saturated rings. The second kappa shape index (κ2) is 8.48. The predicted molar refractivity (Wildman–Crippen MR) is 105 cm³/mol. The van der Waals surface area contributed by atoms with Gasteiger partial charge in [0, 0.05) is 25.2 Å². The number of piperidine rings is 1. The first-order valence-electron chi connectivity index (χ1n) is 9.96. The van der Waals surface area contributed by atoms with Gasteiger partial charge < -0.3 is 9.80 Å². The average Bonchev–Trinajstić information content (AvgIpc) is 3.40. The summed E-state index contributed by atoms with van der Waals surface area (Å²) in [5, 5.41) is 4.12. The molecular formula is C21H27N5O. The van der Waals surface area contributed by atoms with Crippen LogP contribution in [-0.4, -0.2) is 62.7 Å². The molecule has 0 saturated carbocycles. The molecule has 27 heavy (non-hydrogen) atoms. The molecule has 2 saturated heterocycles. The molecule has 4 rings (SSSR count). The van der Waals surface area contributed by atoms with E-state index in [2.05, 4.69) is 19.9 Å². The SMILES string of the molecule is O=C(C=Cc1ccc(-n2cncn2)cc1)N1CCCC1CN1CCCCC1. The average molecular weight is 365 g/mol. The minimum absolute atomic E-state index is 0.134. The lowest BCUT2D eigenvalue weighted by atomic mass is 10.1. The van der Waals surface area contributed by atoms with Gasteiger partial charge in [0.25, 0.3) is 0 Å². The van der Waals surface area contributed by atoms with Gasteiger partial charge in [0.2, 0.25) is 5.91 Å². The number of hydrogen-bond donors (Lipinski definition) is 0. The lowest BCUT2D eigenvalue weighted by Gasteiger charge is -2.32. The number of rotatable bonds is 5. The topological polar surface area (TPSA) is 54.3 Å². The van der Waals surface area contributed by atoms with Crippen molar-refractivity contribution in [3.8, 4) is 5.69 Å². The van der Waals surface area contributed by atoms with Crippen LogP contribution in [0.5, 0.6) is 0 Å². The van der Waals surface area contributed by atoms with Crippen molar-refractivity contribution < 1.29 is 4.79 Å². The molecule has 142 valence electrons. The summed E-state index contributed by atoms with van der Waals surface area (Å²) in [4.78, 5) is 21.3. The van der Waals surface area contributed by atoms with E-state index < -0.39 is 0 Å². The number of aromatic nitrogens is 3. The van der Waals surface area contributed by atoms with Crippen LogP contribution in [-0.2, 0) is 4.79 Å². The molecule has 0 radical (unpaired) electrons. The van der Waals surface area contributed by atoms with Gasteiger partial charge in [-0.2, -0.15) is 5.10 Å². The standard InChI is InChI=1S/C21H27N5O/c27-21(25-14-4-5-20(25)15-24-12-2-1-3-13-24)11-8-18-6-9-19(10-7-18)26-17-22-16-23-26/h6-11,16-17,20H,1-5,12-15H2. The molecule has 0 aliphatic carbocycles. The molecule has 6 heteroatoms. The number of carbonyl (C=O) groups is 1. The third-order valence-electron chi connectivity index (χ3n) is 5.57. The zero-order valence-corrected chi connectivity index (χ0v) is 15.7. The predicted octanol–water partition coefficient (Wildman–Crippen LogP) is 2.76. The molecule has 1 aromatic carbocycles. The van der Waals surface area contributed by atoms with E-state index in [1.807, 2.05) is 30.3 Å². The van der Waals surface area contributed by atoms with Crippen LogP contribution in [0.4, 0.5) is 0 Å². The van der Waals surface area contributed by atoms with Crippen LogP contribution in [0.3, 0.4) is 0 Å². The zero-order valence-electron chi connectivity index (χ0n) is 15.7. The first-order chi connectivity index (χ1) is 13.3. The molecule has 1 aromatic heterocycles. The van der Waals surface area contributed by atoms with Crippen LogP contribution in [0.1, 0.15) is 37.7 Å². The third kappa shape index (κ3) is 4.45. The molecule has 2 aliphatic heterocycles. The third-order valence-corrected chi connectivity index (χ3v) is 5.57. The summed E-state index contributed by atoms with van der Waals surface area (Å²) in [5.74, 6) is 0.134. The minimum Gasteiger partial charge on any atom is -0.335 e. The number of amides is 1. The van der Waals surface area contributed by atoms with E-state index >= 15 is 0 Å². The van der Waals surface area contributed by atoms with Crippen molar-refractivity contribution in [2.24, 2.45) is 0 Å². The van der Waals surface area contributed by atoms with Crippen molar-refractivity contribution in [3.63, 3.8) is 0 Å². The highest BCUT2D eigenvalue weighted by Crippen LogP contribution is 2.21. The van der Waals surface area contributed by atoms with E-state index in [9.17, 15) is 4.79 Å². The van der Waals surface area contributed by atoms with Crippen LogP contribution in [0.2, 0.25) is 0 Å². The van der Waals surface area contributed by atoms with Gasteiger partial charge >= 0.3 is 0 Å². The Morgan fingerprint density at radius 3 is 2.63 bits per heavy atom. The molecule has 6 nitrogen and oxygen atoms in total. The molecule has 1 atom stereocenters. The maximum atomic E-state index is 12.7. The largest absolute Gasteiger partial charge is 0.335 e. The fourth-order valence-electron chi connectivity index (χ4n) is 4.10. The summed E-state index contributed by atoms with van der Waals surface area (Å²) in [6.45, 7) is 4.29. The maximum absolute atomic E-state index is 12.7. The van der Waals surface area contributed by atoms with E-state index in [-0.39, 0.29) is 5.91 Å². The van der Waals surface area contributed by atoms with Gasteiger partial charge in [-0.15, -0.1) is 0 Å². The molecule has 0 bridgehead atoms. The van der Waals surface area contributed by atoms with Crippen LogP contribution < -0.4 is 0 Å². The van der Waals surface area contributed by atoms with E-state index in [1.165, 1.54) is 38.7 Å². The monoisotopic (exact) mass is 365 g/mol. The van der Waals surface area contributed by atoms with Gasteiger partial charge in [-0.1, -0.05) is 18.6 Å². The second-order valence-corrected chi connectivity index (χ2v) is 7.45. The lowest BCUT2D eigenvalue weighted by molar-refractivity contribution is -0.127. The Hall–Kier alpha value is -2.47. The molecule has 2 aromatic rings. The van der Waals surface area contributed by atoms with Gasteiger partial charge in [0.1, 0.15) is 12.7 Å². The van der Waals surface area contributed by atoms with Gasteiger partial charge in [-0.25, -0.2) is 9.67 Å². The summed E-state index contributed by atoms with van der Waals surface area (Å²) < 4.78 is 1.72. The molecule has 3 heterocycles. The molecule has 1 unspecified atom stereocenters. The molecule has 2 aliphatic rings. The number of hydrogen-bond acceptors (Lipinski definition) is 4. The molecule has 1 amide bonds. The van der Waals surface area contributed by atoms with Gasteiger partial charge in [-0.05, 0) is 62.5 Å². The summed E-state index contributed by atoms with van der Waals surface area (Å²) in [6, 6.07) is 8.32. The van der Waals surface area contributed by atoms with Gasteiger partial charge in [0.15, 0.2) is 0 Å². The van der Waals surface area contributed by atoms with Crippen molar-refractivity contribution >= 4 is 12.0 Å². The summed E-state index contributed by atoms with van der Waals surface area (Å²) in [7, 11) is 0. The summed E-state index contributed by atoms with van der Waals surface area (Å²) in [5.41, 5.74) is 1.97. The highest BCUT2D eigenvalue weighted by molar-refractivity contribution is 5.92. The number of nitrogens with zero attached hydrogens (tertiary/aromatic N) is 5. The Morgan fingerprint density at radius 2 is 1.89 bits per heavy atom. The Morgan fingerprint density at radius 1 is 1.07 bits per heavy atom. The van der Waals surface area contributed by atoms with Crippen LogP contribution in [0.15, 0.2) is 43.0 Å². The first kappa shape index (κ1) is 17.9. The molecule has 0 N–H and O–H groups in total. The Bertz CT molecular complexity index is 762. The molecular weight excluding hydrogens is 338 g/mol. The fourth-order valence-corrected chi connectivity index (χ4v) is 4.10. The maximum Gasteiger partial charge on any atom is 0.246 e. The van der Waals surface area contributed by atoms with Gasteiger partial charge in [-0.3, -0.25) is 4.79 Å². The second-order valence-electron chi connectivity index (χ2n) is 7.45. The quantitative estimate of drug-likeness (QED) is 0.765. The highest BCUT2D eigenvalue weighted by Gasteiger charge is 2.29. The number of carbonyl (C=O) groups excluding carboxylic acids is 1. The Balaban J connectivity index is 1.35. The molecule has 0 spiro atoms. The van der Waals surface area contributed by atoms with Crippen molar-refractivity contribution in [3.05, 3.63) is 48.6 Å². The lowest BCUT2D eigenvalue weighted by Crippen LogP contribution is -2.44. The van der Waals surface area contributed by atoms with Crippen molar-refractivity contribution in [2.75, 3.05) is 26.2 Å².